The van der Waals surface area contributed by atoms with Gasteiger partial charge in [-0.15, -0.1) is 0 Å². The molecule has 0 bridgehead atoms. The number of fused-ring (bicyclic) bond motifs is 2. The molecule has 2 aromatic carbocycles. The van der Waals surface area contributed by atoms with Gasteiger partial charge in [-0.05, 0) is 44.5 Å². The van der Waals surface area contributed by atoms with Gasteiger partial charge in [-0.1, -0.05) is 53.2 Å². The van der Waals surface area contributed by atoms with Crippen LogP contribution in [0.5, 0.6) is 0 Å². The molecule has 33 heavy (non-hydrogen) atoms. The van der Waals surface area contributed by atoms with E-state index in [1.165, 1.54) is 13.2 Å². The summed E-state index contributed by atoms with van der Waals surface area (Å²) in [4.78, 5) is 42.3. The molecule has 7 heteroatoms. The Bertz CT molecular complexity index is 1180. The van der Waals surface area contributed by atoms with Crippen LogP contribution in [0.15, 0.2) is 64.8 Å². The van der Waals surface area contributed by atoms with Crippen LogP contribution < -0.4 is 4.90 Å². The third-order valence-corrected chi connectivity index (χ3v) is 6.70. The molecule has 2 aliphatic rings. The van der Waals surface area contributed by atoms with E-state index in [9.17, 15) is 14.4 Å². The largest absolute Gasteiger partial charge is 0.501 e. The number of anilines is 1. The summed E-state index contributed by atoms with van der Waals surface area (Å²) in [5.41, 5.74) is -0.767. The van der Waals surface area contributed by atoms with Crippen molar-refractivity contribution in [3.63, 3.8) is 0 Å². The molecule has 0 radical (unpaired) electrons. The zero-order valence-corrected chi connectivity index (χ0v) is 20.8. The summed E-state index contributed by atoms with van der Waals surface area (Å²) < 4.78 is 11.9. The average Bonchev–Trinajstić information content (AvgIpc) is 2.99. The second-order valence-electron chi connectivity index (χ2n) is 9.38. The van der Waals surface area contributed by atoms with Gasteiger partial charge >= 0.3 is 6.09 Å². The smallest absolute Gasteiger partial charge is 0.421 e. The number of benzene rings is 2. The Balaban J connectivity index is 2.00. The molecule has 0 saturated carbocycles. The third kappa shape index (κ3) is 3.59. The van der Waals surface area contributed by atoms with Crippen LogP contribution in [0.2, 0.25) is 0 Å². The summed E-state index contributed by atoms with van der Waals surface area (Å²) >= 11 is 3.51. The Hall–Kier alpha value is -2.93. The first-order valence-electron chi connectivity index (χ1n) is 10.7. The fourth-order valence-electron chi connectivity index (χ4n) is 4.98. The molecule has 1 heterocycles. The molecular weight excluding hydrogens is 486 g/mol. The molecule has 4 rings (SSSR count). The van der Waals surface area contributed by atoms with Crippen molar-refractivity contribution in [3.05, 3.63) is 76.0 Å². The minimum atomic E-state index is -1.62. The first kappa shape index (κ1) is 23.2. The number of rotatable bonds is 2. The zero-order valence-electron chi connectivity index (χ0n) is 19.2. The molecule has 1 aliphatic heterocycles. The van der Waals surface area contributed by atoms with Crippen LogP contribution in [0, 0.1) is 5.92 Å². The van der Waals surface area contributed by atoms with Crippen LogP contribution in [0.3, 0.4) is 0 Å². The number of methoxy groups -OCH3 is 1. The number of hydrogen-bond donors (Lipinski definition) is 0. The number of ether oxygens (including phenoxy) is 2. The van der Waals surface area contributed by atoms with Gasteiger partial charge in [0.2, 0.25) is 0 Å². The summed E-state index contributed by atoms with van der Waals surface area (Å²) in [5.74, 6) is -1.42. The molecule has 0 N–H and O–H groups in total. The van der Waals surface area contributed by atoms with Gasteiger partial charge in [0.1, 0.15) is 16.8 Å². The van der Waals surface area contributed by atoms with Gasteiger partial charge in [0.25, 0.3) is 5.91 Å². The van der Waals surface area contributed by atoms with Gasteiger partial charge in [-0.3, -0.25) is 9.59 Å². The highest BCUT2D eigenvalue weighted by Gasteiger charge is 2.65. The Morgan fingerprint density at radius 3 is 2.42 bits per heavy atom. The topological polar surface area (TPSA) is 72.9 Å². The van der Waals surface area contributed by atoms with Crippen molar-refractivity contribution in [1.29, 1.82) is 0 Å². The number of amides is 2. The van der Waals surface area contributed by atoms with Crippen molar-refractivity contribution in [2.45, 2.75) is 44.6 Å². The van der Waals surface area contributed by atoms with E-state index >= 15 is 0 Å². The molecule has 0 fully saturated rings. The lowest BCUT2D eigenvalue weighted by atomic mass is 9.58. The Morgan fingerprint density at radius 2 is 1.79 bits per heavy atom. The van der Waals surface area contributed by atoms with Gasteiger partial charge in [-0.2, -0.15) is 0 Å². The lowest BCUT2D eigenvalue weighted by molar-refractivity contribution is -0.134. The minimum absolute atomic E-state index is 0.308. The van der Waals surface area contributed by atoms with Crippen LogP contribution in [-0.4, -0.2) is 30.5 Å². The monoisotopic (exact) mass is 511 g/mol. The number of carbonyl (C=O) groups excluding carboxylic acids is 3. The molecule has 2 aromatic rings. The second-order valence-corrected chi connectivity index (χ2v) is 10.3. The SMILES string of the molecule is COC1=CC(=O)C2(C(=O)N(C(=O)OC(C)(C)C)c3ccccc32)[C@H](c2cccc(Br)c2)[C@H]1C. The summed E-state index contributed by atoms with van der Waals surface area (Å²) in [6, 6.07) is 14.5. The van der Waals surface area contributed by atoms with Crippen LogP contribution in [-0.2, 0) is 24.5 Å². The van der Waals surface area contributed by atoms with Crippen molar-refractivity contribution in [1.82, 2.24) is 0 Å². The second kappa shape index (κ2) is 8.13. The molecule has 6 nitrogen and oxygen atoms in total. The molecule has 172 valence electrons. The number of hydrogen-bond acceptors (Lipinski definition) is 5. The number of imide groups is 1. The highest BCUT2D eigenvalue weighted by molar-refractivity contribution is 9.10. The number of ketones is 1. The summed E-state index contributed by atoms with van der Waals surface area (Å²) in [6.07, 6.45) is 0.596. The maximum atomic E-state index is 14.2. The molecule has 3 atom stereocenters. The van der Waals surface area contributed by atoms with E-state index in [4.69, 9.17) is 9.47 Å². The molecule has 1 aliphatic carbocycles. The van der Waals surface area contributed by atoms with Crippen molar-refractivity contribution in [2.75, 3.05) is 12.0 Å². The van der Waals surface area contributed by atoms with E-state index < -0.39 is 34.7 Å². The summed E-state index contributed by atoms with van der Waals surface area (Å²) in [6.45, 7) is 7.14. The Morgan fingerprint density at radius 1 is 1.09 bits per heavy atom. The van der Waals surface area contributed by atoms with Crippen LogP contribution in [0.4, 0.5) is 10.5 Å². The van der Waals surface area contributed by atoms with Crippen molar-refractivity contribution >= 4 is 39.4 Å². The number of allylic oxidation sites excluding steroid dienone is 2. The highest BCUT2D eigenvalue weighted by atomic mass is 79.9. The van der Waals surface area contributed by atoms with E-state index in [0.717, 1.165) is 14.9 Å². The first-order chi connectivity index (χ1) is 15.5. The number of carbonyl (C=O) groups is 3. The van der Waals surface area contributed by atoms with Gasteiger partial charge in [0.05, 0.1) is 12.8 Å². The lowest BCUT2D eigenvalue weighted by Crippen LogP contribution is -2.55. The standard InChI is InChI=1S/C26H26BrNO5/c1-15-20(32-5)14-21(29)26(22(15)16-9-8-10-17(27)13-16)18-11-6-7-12-19(18)28(23(26)30)24(31)33-25(2,3)4/h6-15,22H,1-5H3/t15-,22-,26?/m0/s1. The molecule has 1 unspecified atom stereocenters. The third-order valence-electron chi connectivity index (χ3n) is 6.21. The Kier molecular flexibility index (Phi) is 5.73. The molecule has 2 amide bonds. The van der Waals surface area contributed by atoms with E-state index in [1.54, 1.807) is 45.0 Å². The van der Waals surface area contributed by atoms with Gasteiger partial charge in [0.15, 0.2) is 5.78 Å². The van der Waals surface area contributed by atoms with E-state index in [1.807, 2.05) is 31.2 Å². The fraction of sp³-hybridized carbons (Fsp3) is 0.346. The van der Waals surface area contributed by atoms with Crippen molar-refractivity contribution in [3.8, 4) is 0 Å². The quantitative estimate of drug-likeness (QED) is 0.497. The normalized spacial score (nSPS) is 24.5. The van der Waals surface area contributed by atoms with Gasteiger partial charge in [-0.25, -0.2) is 9.69 Å². The molecule has 1 spiro atoms. The maximum Gasteiger partial charge on any atom is 0.421 e. The van der Waals surface area contributed by atoms with Crippen LogP contribution >= 0.6 is 15.9 Å². The number of nitrogens with zero attached hydrogens (tertiary/aromatic N) is 1. The Labute approximate surface area is 201 Å². The maximum absolute atomic E-state index is 14.2. The summed E-state index contributed by atoms with van der Waals surface area (Å²) in [5, 5.41) is 0. The predicted molar refractivity (Wildman–Crippen MR) is 128 cm³/mol. The number of halogens is 1. The summed E-state index contributed by atoms with van der Waals surface area (Å²) in [7, 11) is 1.52. The van der Waals surface area contributed by atoms with Crippen molar-refractivity contribution in [2.24, 2.45) is 5.92 Å². The molecule has 0 aromatic heterocycles. The minimum Gasteiger partial charge on any atom is -0.501 e. The predicted octanol–water partition coefficient (Wildman–Crippen LogP) is 5.50. The highest BCUT2D eigenvalue weighted by Crippen LogP contribution is 2.57. The average molecular weight is 512 g/mol. The fourth-order valence-corrected chi connectivity index (χ4v) is 5.40. The van der Waals surface area contributed by atoms with Crippen LogP contribution in [0.25, 0.3) is 0 Å². The molecule has 0 saturated heterocycles. The van der Waals surface area contributed by atoms with Crippen molar-refractivity contribution < 1.29 is 23.9 Å². The molecular formula is C26H26BrNO5. The lowest BCUT2D eigenvalue weighted by Gasteiger charge is -2.42. The van der Waals surface area contributed by atoms with E-state index in [2.05, 4.69) is 15.9 Å². The zero-order chi connectivity index (χ0) is 24.1. The van der Waals surface area contributed by atoms with E-state index in [0.29, 0.717) is 17.0 Å². The first-order valence-corrected chi connectivity index (χ1v) is 11.5. The number of para-hydroxylation sites is 1. The van der Waals surface area contributed by atoms with Crippen LogP contribution in [0.1, 0.15) is 44.7 Å². The van der Waals surface area contributed by atoms with Gasteiger partial charge < -0.3 is 9.47 Å². The van der Waals surface area contributed by atoms with E-state index in [-0.39, 0.29) is 5.92 Å². The van der Waals surface area contributed by atoms with Gasteiger partial charge in [0, 0.05) is 27.9 Å².